The minimum absolute atomic E-state index is 0.0402. The molecule has 1 aromatic rings. The Hall–Kier alpha value is -1.71. The first-order valence-corrected chi connectivity index (χ1v) is 6.19. The fourth-order valence-corrected chi connectivity index (χ4v) is 1.97. The molecule has 1 amide bonds. The van der Waals surface area contributed by atoms with Crippen LogP contribution in [0, 0.1) is 5.41 Å². The zero-order valence-corrected chi connectivity index (χ0v) is 11.3. The monoisotopic (exact) mass is 248 g/mol. The number of carbonyl (C=O) groups excluding carboxylic acids is 1. The summed E-state index contributed by atoms with van der Waals surface area (Å²) in [6.45, 7) is 8.27. The summed E-state index contributed by atoms with van der Waals surface area (Å²) in [7, 11) is 0. The summed E-state index contributed by atoms with van der Waals surface area (Å²) in [5.41, 5.74) is 7.68. The second-order valence-electron chi connectivity index (χ2n) is 5.77. The highest BCUT2D eigenvalue weighted by molar-refractivity contribution is 5.97. The van der Waals surface area contributed by atoms with Crippen LogP contribution in [0.1, 0.15) is 39.2 Å². The highest BCUT2D eigenvalue weighted by Crippen LogP contribution is 2.39. The number of hydrogen-bond acceptors (Lipinski definition) is 3. The molecule has 3 N–H and O–H groups in total. The standard InChI is InChI=1S/C14H20N2O2/c1-8(2)10-5-9(15)6-11-12(10)18-7-14(3,4)13(17)16-11/h5-6,8H,7,15H2,1-4H3,(H,16,17). The van der Waals surface area contributed by atoms with E-state index in [4.69, 9.17) is 10.5 Å². The number of anilines is 2. The smallest absolute Gasteiger partial charge is 0.233 e. The van der Waals surface area contributed by atoms with E-state index in [1.165, 1.54) is 0 Å². The molecule has 0 fully saturated rings. The number of nitrogens with one attached hydrogen (secondary N) is 1. The van der Waals surface area contributed by atoms with E-state index in [2.05, 4.69) is 19.2 Å². The van der Waals surface area contributed by atoms with Crippen molar-refractivity contribution in [2.24, 2.45) is 5.41 Å². The Labute approximate surface area is 108 Å². The van der Waals surface area contributed by atoms with Crippen LogP contribution < -0.4 is 15.8 Å². The topological polar surface area (TPSA) is 64.3 Å². The minimum Gasteiger partial charge on any atom is -0.490 e. The molecule has 0 aromatic heterocycles. The number of fused-ring (bicyclic) bond motifs is 1. The van der Waals surface area contributed by atoms with E-state index in [1.54, 1.807) is 6.07 Å². The molecule has 1 heterocycles. The fourth-order valence-electron chi connectivity index (χ4n) is 1.97. The van der Waals surface area contributed by atoms with Gasteiger partial charge < -0.3 is 15.8 Å². The molecular weight excluding hydrogens is 228 g/mol. The summed E-state index contributed by atoms with van der Waals surface area (Å²) in [5, 5.41) is 2.90. The average Bonchev–Trinajstić information content (AvgIpc) is 2.36. The van der Waals surface area contributed by atoms with Gasteiger partial charge in [-0.2, -0.15) is 0 Å². The maximum Gasteiger partial charge on any atom is 0.233 e. The third kappa shape index (κ3) is 2.15. The van der Waals surface area contributed by atoms with Gasteiger partial charge in [-0.05, 0) is 31.9 Å². The molecule has 1 aliphatic rings. The van der Waals surface area contributed by atoms with Crippen LogP contribution in [0.4, 0.5) is 11.4 Å². The molecule has 0 saturated carbocycles. The van der Waals surface area contributed by atoms with Crippen LogP contribution in [-0.2, 0) is 4.79 Å². The predicted octanol–water partition coefficient (Wildman–Crippen LogP) is 2.75. The summed E-state index contributed by atoms with van der Waals surface area (Å²) in [4.78, 5) is 12.1. The van der Waals surface area contributed by atoms with Gasteiger partial charge in [0.05, 0.1) is 11.1 Å². The summed E-state index contributed by atoms with van der Waals surface area (Å²) in [6, 6.07) is 3.66. The molecule has 1 aliphatic heterocycles. The number of nitrogens with two attached hydrogens (primary N) is 1. The van der Waals surface area contributed by atoms with Gasteiger partial charge in [-0.25, -0.2) is 0 Å². The van der Waals surface area contributed by atoms with Gasteiger partial charge in [-0.15, -0.1) is 0 Å². The second-order valence-corrected chi connectivity index (χ2v) is 5.77. The number of carbonyl (C=O) groups is 1. The van der Waals surface area contributed by atoms with Crippen molar-refractivity contribution in [1.29, 1.82) is 0 Å². The van der Waals surface area contributed by atoms with E-state index < -0.39 is 5.41 Å². The third-order valence-electron chi connectivity index (χ3n) is 3.20. The first-order valence-electron chi connectivity index (χ1n) is 6.19. The van der Waals surface area contributed by atoms with Crippen molar-refractivity contribution < 1.29 is 9.53 Å². The van der Waals surface area contributed by atoms with Crippen molar-refractivity contribution in [3.63, 3.8) is 0 Å². The van der Waals surface area contributed by atoms with Crippen LogP contribution >= 0.6 is 0 Å². The number of amides is 1. The molecule has 0 bridgehead atoms. The van der Waals surface area contributed by atoms with Crippen LogP contribution in [-0.4, -0.2) is 12.5 Å². The zero-order valence-electron chi connectivity index (χ0n) is 11.3. The molecule has 0 saturated heterocycles. The molecule has 4 heteroatoms. The van der Waals surface area contributed by atoms with Crippen molar-refractivity contribution in [2.45, 2.75) is 33.6 Å². The molecule has 1 aromatic carbocycles. The number of hydrogen-bond donors (Lipinski definition) is 2. The molecule has 0 atom stereocenters. The molecule has 98 valence electrons. The molecule has 0 radical (unpaired) electrons. The normalized spacial score (nSPS) is 17.7. The predicted molar refractivity (Wildman–Crippen MR) is 72.8 cm³/mol. The van der Waals surface area contributed by atoms with Crippen LogP contribution in [0.3, 0.4) is 0 Å². The Balaban J connectivity index is 2.53. The minimum atomic E-state index is -0.540. The van der Waals surface area contributed by atoms with Gasteiger partial charge in [-0.3, -0.25) is 4.79 Å². The van der Waals surface area contributed by atoms with Crippen LogP contribution in [0.15, 0.2) is 12.1 Å². The van der Waals surface area contributed by atoms with E-state index in [0.29, 0.717) is 23.9 Å². The lowest BCUT2D eigenvalue weighted by molar-refractivity contribution is -0.124. The van der Waals surface area contributed by atoms with Crippen molar-refractivity contribution in [2.75, 3.05) is 17.7 Å². The van der Waals surface area contributed by atoms with E-state index >= 15 is 0 Å². The highest BCUT2D eigenvalue weighted by atomic mass is 16.5. The summed E-state index contributed by atoms with van der Waals surface area (Å²) in [5.74, 6) is 1.00. The summed E-state index contributed by atoms with van der Waals surface area (Å²) >= 11 is 0. The molecule has 4 nitrogen and oxygen atoms in total. The van der Waals surface area contributed by atoms with Crippen LogP contribution in [0.25, 0.3) is 0 Å². The van der Waals surface area contributed by atoms with Crippen molar-refractivity contribution >= 4 is 17.3 Å². The average molecular weight is 248 g/mol. The van der Waals surface area contributed by atoms with Crippen molar-refractivity contribution in [3.05, 3.63) is 17.7 Å². The number of ether oxygens (including phenoxy) is 1. The van der Waals surface area contributed by atoms with Gasteiger partial charge in [0, 0.05) is 11.3 Å². The molecule has 0 unspecified atom stereocenters. The van der Waals surface area contributed by atoms with E-state index in [-0.39, 0.29) is 5.91 Å². The van der Waals surface area contributed by atoms with Gasteiger partial charge in [0.2, 0.25) is 5.91 Å². The van der Waals surface area contributed by atoms with Crippen molar-refractivity contribution in [1.82, 2.24) is 0 Å². The Morgan fingerprint density at radius 2 is 2.06 bits per heavy atom. The quantitative estimate of drug-likeness (QED) is 0.751. The lowest BCUT2D eigenvalue weighted by atomic mass is 9.94. The van der Waals surface area contributed by atoms with E-state index in [1.807, 2.05) is 19.9 Å². The van der Waals surface area contributed by atoms with E-state index in [0.717, 1.165) is 11.3 Å². The third-order valence-corrected chi connectivity index (χ3v) is 3.20. The maximum absolute atomic E-state index is 12.1. The SMILES string of the molecule is CC(C)c1cc(N)cc2c1OCC(C)(C)C(=O)N2. The zero-order chi connectivity index (χ0) is 13.5. The largest absolute Gasteiger partial charge is 0.490 e. The van der Waals surface area contributed by atoms with Gasteiger partial charge in [-0.1, -0.05) is 13.8 Å². The van der Waals surface area contributed by atoms with Crippen LogP contribution in [0.2, 0.25) is 0 Å². The summed E-state index contributed by atoms with van der Waals surface area (Å²) < 4.78 is 5.84. The van der Waals surface area contributed by atoms with Crippen LogP contribution in [0.5, 0.6) is 5.75 Å². The van der Waals surface area contributed by atoms with Gasteiger partial charge in [0.15, 0.2) is 0 Å². The number of benzene rings is 1. The van der Waals surface area contributed by atoms with Gasteiger partial charge in [0.1, 0.15) is 12.4 Å². The van der Waals surface area contributed by atoms with Gasteiger partial charge >= 0.3 is 0 Å². The van der Waals surface area contributed by atoms with E-state index in [9.17, 15) is 4.79 Å². The number of rotatable bonds is 1. The Morgan fingerprint density at radius 1 is 1.39 bits per heavy atom. The summed E-state index contributed by atoms with van der Waals surface area (Å²) in [6.07, 6.45) is 0. The molecule has 0 aliphatic carbocycles. The first-order chi connectivity index (χ1) is 8.31. The first kappa shape index (κ1) is 12.7. The highest BCUT2D eigenvalue weighted by Gasteiger charge is 2.33. The lowest BCUT2D eigenvalue weighted by Gasteiger charge is -2.19. The maximum atomic E-state index is 12.1. The van der Waals surface area contributed by atoms with Gasteiger partial charge in [0.25, 0.3) is 0 Å². The Morgan fingerprint density at radius 3 is 2.67 bits per heavy atom. The van der Waals surface area contributed by atoms with Crippen molar-refractivity contribution in [3.8, 4) is 5.75 Å². The Bertz CT molecular complexity index is 493. The molecular formula is C14H20N2O2. The number of nitrogen functional groups attached to an aromatic ring is 1. The Kier molecular flexibility index (Phi) is 2.97. The lowest BCUT2D eigenvalue weighted by Crippen LogP contribution is -2.33. The molecule has 0 spiro atoms. The second kappa shape index (κ2) is 4.19. The fraction of sp³-hybridized carbons (Fsp3) is 0.500. The molecule has 2 rings (SSSR count). The molecule has 18 heavy (non-hydrogen) atoms.